The quantitative estimate of drug-likeness (QED) is 0.721. The maximum atomic E-state index is 12.7. The molecule has 1 rings (SSSR count). The van der Waals surface area contributed by atoms with E-state index in [0.29, 0.717) is 23.8 Å². The third-order valence-electron chi connectivity index (χ3n) is 3.14. The number of hydrogen-bond acceptors (Lipinski definition) is 4. The Bertz CT molecular complexity index is 475. The van der Waals surface area contributed by atoms with E-state index in [4.69, 9.17) is 5.73 Å². The third-order valence-corrected chi connectivity index (χ3v) is 6.66. The van der Waals surface area contributed by atoms with Crippen molar-refractivity contribution in [1.29, 1.82) is 0 Å². The molecule has 1 heterocycles. The largest absolute Gasteiger partial charge is 0.330 e. The topological polar surface area (TPSA) is 63.4 Å². The smallest absolute Gasteiger partial charge is 0.252 e. The second-order valence-corrected chi connectivity index (χ2v) is 8.20. The molecule has 20 heavy (non-hydrogen) atoms. The summed E-state index contributed by atoms with van der Waals surface area (Å²) in [5, 5.41) is 0. The molecular formula is C14H26N2O2S2. The Kier molecular flexibility index (Phi) is 7.72. The van der Waals surface area contributed by atoms with E-state index in [9.17, 15) is 8.42 Å². The number of rotatable bonds is 10. The van der Waals surface area contributed by atoms with Crippen LogP contribution in [0.5, 0.6) is 0 Å². The third kappa shape index (κ3) is 4.84. The van der Waals surface area contributed by atoms with Gasteiger partial charge in [-0.1, -0.05) is 26.7 Å². The van der Waals surface area contributed by atoms with Gasteiger partial charge in [0.25, 0.3) is 10.0 Å². The van der Waals surface area contributed by atoms with Gasteiger partial charge in [-0.25, -0.2) is 8.42 Å². The number of hydrogen-bond donors (Lipinski definition) is 1. The first kappa shape index (κ1) is 17.6. The van der Waals surface area contributed by atoms with Crippen molar-refractivity contribution in [2.24, 2.45) is 5.73 Å². The number of sulfonamides is 1. The van der Waals surface area contributed by atoms with Crippen LogP contribution in [0.3, 0.4) is 0 Å². The minimum absolute atomic E-state index is 0.452. The van der Waals surface area contributed by atoms with Gasteiger partial charge in [-0.2, -0.15) is 4.31 Å². The summed E-state index contributed by atoms with van der Waals surface area (Å²) < 4.78 is 27.4. The van der Waals surface area contributed by atoms with Gasteiger partial charge in [0.05, 0.1) is 0 Å². The summed E-state index contributed by atoms with van der Waals surface area (Å²) >= 11 is 1.35. The molecule has 0 unspecified atom stereocenters. The number of nitrogens with zero attached hydrogens (tertiary/aromatic N) is 1. The van der Waals surface area contributed by atoms with Crippen molar-refractivity contribution in [2.45, 2.75) is 50.2 Å². The maximum Gasteiger partial charge on any atom is 0.252 e. The van der Waals surface area contributed by atoms with Gasteiger partial charge in [0.2, 0.25) is 0 Å². The SMILES string of the molecule is CCCCN(CCCC)S(=O)(=O)c1ccc(CCN)s1. The highest BCUT2D eigenvalue weighted by molar-refractivity contribution is 7.91. The van der Waals surface area contributed by atoms with Gasteiger partial charge < -0.3 is 5.73 Å². The lowest BCUT2D eigenvalue weighted by molar-refractivity contribution is 0.396. The zero-order chi connectivity index (χ0) is 15.0. The summed E-state index contributed by atoms with van der Waals surface area (Å²) in [6, 6.07) is 3.60. The van der Waals surface area contributed by atoms with Gasteiger partial charge in [-0.05, 0) is 37.9 Å². The standard InChI is InChI=1S/C14H26N2O2S2/c1-3-5-11-16(12-6-4-2)20(17,18)14-8-7-13(19-14)9-10-15/h7-8H,3-6,9-12,15H2,1-2H3. The summed E-state index contributed by atoms with van der Waals surface area (Å²) in [5.74, 6) is 0. The zero-order valence-electron chi connectivity index (χ0n) is 12.5. The van der Waals surface area contributed by atoms with Crippen LogP contribution in [0.4, 0.5) is 0 Å². The number of thiophene rings is 1. The Morgan fingerprint density at radius 1 is 1.15 bits per heavy atom. The first-order valence-electron chi connectivity index (χ1n) is 7.35. The van der Waals surface area contributed by atoms with Crippen LogP contribution in [0.25, 0.3) is 0 Å². The van der Waals surface area contributed by atoms with E-state index in [-0.39, 0.29) is 0 Å². The van der Waals surface area contributed by atoms with E-state index in [1.807, 2.05) is 6.07 Å². The summed E-state index contributed by atoms with van der Waals surface area (Å²) in [7, 11) is -3.33. The molecule has 4 nitrogen and oxygen atoms in total. The molecule has 0 aliphatic rings. The van der Waals surface area contributed by atoms with Crippen LogP contribution >= 0.6 is 11.3 Å². The predicted octanol–water partition coefficient (Wildman–Crippen LogP) is 2.84. The molecule has 0 fully saturated rings. The van der Waals surface area contributed by atoms with E-state index in [1.54, 1.807) is 10.4 Å². The molecule has 116 valence electrons. The fraction of sp³-hybridized carbons (Fsp3) is 0.714. The maximum absolute atomic E-state index is 12.7. The number of unbranched alkanes of at least 4 members (excludes halogenated alkanes) is 2. The van der Waals surface area contributed by atoms with E-state index >= 15 is 0 Å². The second-order valence-electron chi connectivity index (χ2n) is 4.87. The lowest BCUT2D eigenvalue weighted by Crippen LogP contribution is -2.32. The van der Waals surface area contributed by atoms with Gasteiger partial charge in [-0.15, -0.1) is 11.3 Å². The average Bonchev–Trinajstić information content (AvgIpc) is 2.88. The lowest BCUT2D eigenvalue weighted by atomic mass is 10.3. The van der Waals surface area contributed by atoms with Crippen LogP contribution in [-0.4, -0.2) is 32.4 Å². The van der Waals surface area contributed by atoms with E-state index < -0.39 is 10.0 Å². The van der Waals surface area contributed by atoms with E-state index in [1.165, 1.54) is 11.3 Å². The van der Waals surface area contributed by atoms with Crippen LogP contribution in [0, 0.1) is 0 Å². The molecule has 0 amide bonds. The molecule has 0 saturated heterocycles. The van der Waals surface area contributed by atoms with E-state index in [2.05, 4.69) is 13.8 Å². The monoisotopic (exact) mass is 318 g/mol. The Hall–Kier alpha value is -0.430. The predicted molar refractivity (Wildman–Crippen MR) is 85.7 cm³/mol. The first-order chi connectivity index (χ1) is 9.56. The van der Waals surface area contributed by atoms with Gasteiger partial charge in [-0.3, -0.25) is 0 Å². The summed E-state index contributed by atoms with van der Waals surface area (Å²) in [4.78, 5) is 1.04. The highest BCUT2D eigenvalue weighted by atomic mass is 32.2. The minimum Gasteiger partial charge on any atom is -0.330 e. The zero-order valence-corrected chi connectivity index (χ0v) is 14.1. The van der Waals surface area contributed by atoms with Gasteiger partial charge in [0.15, 0.2) is 0 Å². The fourth-order valence-electron chi connectivity index (χ4n) is 1.92. The molecule has 0 radical (unpaired) electrons. The van der Waals surface area contributed by atoms with Crippen molar-refractivity contribution < 1.29 is 8.42 Å². The Balaban J connectivity index is 2.88. The second kappa shape index (κ2) is 8.77. The molecule has 0 aromatic carbocycles. The molecule has 1 aromatic heterocycles. The van der Waals surface area contributed by atoms with Crippen LogP contribution in [0.2, 0.25) is 0 Å². The average molecular weight is 319 g/mol. The molecule has 0 atom stereocenters. The van der Waals surface area contributed by atoms with Crippen LogP contribution in [0.15, 0.2) is 16.3 Å². The Labute approximate surface area is 127 Å². The van der Waals surface area contributed by atoms with Crippen molar-refractivity contribution >= 4 is 21.4 Å². The van der Waals surface area contributed by atoms with Crippen LogP contribution < -0.4 is 5.73 Å². The van der Waals surface area contributed by atoms with Crippen molar-refractivity contribution in [3.8, 4) is 0 Å². The molecule has 0 bridgehead atoms. The van der Waals surface area contributed by atoms with Gasteiger partial charge in [0.1, 0.15) is 4.21 Å². The summed E-state index contributed by atoms with van der Waals surface area (Å²) in [6.45, 7) is 5.94. The highest BCUT2D eigenvalue weighted by Gasteiger charge is 2.25. The minimum atomic E-state index is -3.33. The molecule has 0 aliphatic carbocycles. The van der Waals surface area contributed by atoms with Crippen molar-refractivity contribution in [1.82, 2.24) is 4.31 Å². The molecule has 0 spiro atoms. The Morgan fingerprint density at radius 3 is 2.25 bits per heavy atom. The first-order valence-corrected chi connectivity index (χ1v) is 9.60. The summed E-state index contributed by atoms with van der Waals surface area (Å²) in [6.07, 6.45) is 4.56. The molecule has 6 heteroatoms. The van der Waals surface area contributed by atoms with Crippen molar-refractivity contribution in [3.63, 3.8) is 0 Å². The molecular weight excluding hydrogens is 292 g/mol. The molecule has 0 aliphatic heterocycles. The fourth-order valence-corrected chi connectivity index (χ4v) is 4.96. The van der Waals surface area contributed by atoms with Gasteiger partial charge in [0, 0.05) is 18.0 Å². The van der Waals surface area contributed by atoms with Crippen LogP contribution in [0.1, 0.15) is 44.4 Å². The van der Waals surface area contributed by atoms with Crippen molar-refractivity contribution in [3.05, 3.63) is 17.0 Å². The van der Waals surface area contributed by atoms with Crippen LogP contribution in [-0.2, 0) is 16.4 Å². The van der Waals surface area contributed by atoms with Gasteiger partial charge >= 0.3 is 0 Å². The lowest BCUT2D eigenvalue weighted by Gasteiger charge is -2.20. The number of nitrogens with two attached hydrogens (primary N) is 1. The molecule has 1 aromatic rings. The molecule has 0 saturated carbocycles. The summed E-state index contributed by atoms with van der Waals surface area (Å²) in [5.41, 5.74) is 5.52. The van der Waals surface area contributed by atoms with Crippen molar-refractivity contribution in [2.75, 3.05) is 19.6 Å². The highest BCUT2D eigenvalue weighted by Crippen LogP contribution is 2.25. The Morgan fingerprint density at radius 2 is 1.75 bits per heavy atom. The molecule has 2 N–H and O–H groups in total. The normalized spacial score (nSPS) is 12.2. The van der Waals surface area contributed by atoms with E-state index in [0.717, 1.165) is 37.0 Å².